The topological polar surface area (TPSA) is 36.3 Å². The molecule has 0 aliphatic carbocycles. The quantitative estimate of drug-likeness (QED) is 0.841. The highest BCUT2D eigenvalue weighted by Gasteiger charge is 2.22. The van der Waals surface area contributed by atoms with E-state index in [1.165, 1.54) is 0 Å². The summed E-state index contributed by atoms with van der Waals surface area (Å²) in [6, 6.07) is 7.70. The van der Waals surface area contributed by atoms with Gasteiger partial charge < -0.3 is 9.64 Å². The smallest absolute Gasteiger partial charge is 0.101 e. The maximum absolute atomic E-state index is 9.18. The first-order valence-electron chi connectivity index (χ1n) is 6.30. The number of hydrogen-bond donors (Lipinski definition) is 0. The van der Waals surface area contributed by atoms with Crippen molar-refractivity contribution in [1.29, 1.82) is 5.26 Å². The predicted molar refractivity (Wildman–Crippen MR) is 73.0 cm³/mol. The Kier molecular flexibility index (Phi) is 4.46. The second-order valence-electron chi connectivity index (χ2n) is 4.44. The molecule has 0 spiro atoms. The number of ether oxygens (including phenoxy) is 1. The summed E-state index contributed by atoms with van der Waals surface area (Å²) in [6.07, 6.45) is 2.46. The highest BCUT2D eigenvalue weighted by Crippen LogP contribution is 2.27. The van der Waals surface area contributed by atoms with Crippen LogP contribution < -0.4 is 4.90 Å². The van der Waals surface area contributed by atoms with Gasteiger partial charge in [-0.15, -0.1) is 0 Å². The van der Waals surface area contributed by atoms with E-state index in [4.69, 9.17) is 16.3 Å². The molecular formula is C14H17ClN2O. The zero-order chi connectivity index (χ0) is 13.0. The first-order chi connectivity index (χ1) is 8.74. The second kappa shape index (κ2) is 6.08. The molecular weight excluding hydrogens is 248 g/mol. The van der Waals surface area contributed by atoms with E-state index >= 15 is 0 Å². The minimum Gasteiger partial charge on any atom is -0.377 e. The molecule has 0 saturated carbocycles. The Hall–Kier alpha value is -1.24. The van der Waals surface area contributed by atoms with E-state index in [1.54, 1.807) is 6.07 Å². The molecule has 0 N–H and O–H groups in total. The fraction of sp³-hybridized carbons (Fsp3) is 0.500. The van der Waals surface area contributed by atoms with Crippen LogP contribution in [0.2, 0.25) is 5.02 Å². The van der Waals surface area contributed by atoms with E-state index in [0.717, 1.165) is 38.2 Å². The number of rotatable bonds is 3. The number of benzene rings is 1. The van der Waals surface area contributed by atoms with Crippen molar-refractivity contribution < 1.29 is 4.74 Å². The largest absolute Gasteiger partial charge is 0.377 e. The maximum atomic E-state index is 9.18. The van der Waals surface area contributed by atoms with E-state index in [9.17, 15) is 5.26 Å². The Bertz CT molecular complexity index is 454. The lowest BCUT2D eigenvalue weighted by molar-refractivity contribution is 0.0526. The van der Waals surface area contributed by atoms with Gasteiger partial charge in [0.2, 0.25) is 0 Å². The zero-order valence-corrected chi connectivity index (χ0v) is 11.3. The molecule has 0 amide bonds. The minimum atomic E-state index is 0.269. The van der Waals surface area contributed by atoms with Crippen molar-refractivity contribution in [3.8, 4) is 6.07 Å². The number of piperidine rings is 1. The summed E-state index contributed by atoms with van der Waals surface area (Å²) in [5, 5.41) is 9.78. The van der Waals surface area contributed by atoms with Crippen molar-refractivity contribution in [3.63, 3.8) is 0 Å². The molecule has 1 heterocycles. The van der Waals surface area contributed by atoms with Crippen molar-refractivity contribution in [1.82, 2.24) is 0 Å². The van der Waals surface area contributed by atoms with Gasteiger partial charge in [0.05, 0.1) is 17.4 Å². The van der Waals surface area contributed by atoms with Gasteiger partial charge in [0.15, 0.2) is 0 Å². The number of nitriles is 1. The molecule has 1 unspecified atom stereocenters. The van der Waals surface area contributed by atoms with Gasteiger partial charge in [-0.25, -0.2) is 0 Å². The van der Waals surface area contributed by atoms with Crippen molar-refractivity contribution in [2.24, 2.45) is 0 Å². The molecule has 1 aliphatic heterocycles. The summed E-state index contributed by atoms with van der Waals surface area (Å²) in [5.74, 6) is 0. The number of halogens is 1. The molecule has 3 nitrogen and oxygen atoms in total. The second-order valence-corrected chi connectivity index (χ2v) is 4.88. The van der Waals surface area contributed by atoms with Crippen LogP contribution in [0.1, 0.15) is 25.3 Å². The van der Waals surface area contributed by atoms with Crippen molar-refractivity contribution in [2.75, 3.05) is 24.6 Å². The van der Waals surface area contributed by atoms with E-state index < -0.39 is 0 Å². The van der Waals surface area contributed by atoms with Gasteiger partial charge in [-0.1, -0.05) is 11.6 Å². The fourth-order valence-electron chi connectivity index (χ4n) is 2.40. The van der Waals surface area contributed by atoms with Crippen LogP contribution in [-0.4, -0.2) is 25.8 Å². The van der Waals surface area contributed by atoms with E-state index in [1.807, 2.05) is 19.1 Å². The molecule has 1 saturated heterocycles. The Morgan fingerprint density at radius 2 is 2.39 bits per heavy atom. The molecule has 4 heteroatoms. The Morgan fingerprint density at radius 3 is 3.11 bits per heavy atom. The Labute approximate surface area is 113 Å². The summed E-state index contributed by atoms with van der Waals surface area (Å²) in [5.41, 5.74) is 1.60. The standard InChI is InChI=1S/C14H17ClN2O/c1-2-18-13-4-3-7-17(10-13)14-6-5-12(15)8-11(14)9-16/h5-6,8,13H,2-4,7,10H2,1H3. The molecule has 1 atom stereocenters. The third-order valence-electron chi connectivity index (χ3n) is 3.20. The van der Waals surface area contributed by atoms with Gasteiger partial charge in [-0.2, -0.15) is 5.26 Å². The van der Waals surface area contributed by atoms with Crippen molar-refractivity contribution in [2.45, 2.75) is 25.9 Å². The predicted octanol–water partition coefficient (Wildman–Crippen LogP) is 3.22. The van der Waals surface area contributed by atoms with Crippen LogP contribution >= 0.6 is 11.6 Å². The van der Waals surface area contributed by atoms with Gasteiger partial charge >= 0.3 is 0 Å². The number of hydrogen-bond acceptors (Lipinski definition) is 3. The highest BCUT2D eigenvalue weighted by molar-refractivity contribution is 6.30. The zero-order valence-electron chi connectivity index (χ0n) is 10.5. The lowest BCUT2D eigenvalue weighted by Crippen LogP contribution is -2.40. The summed E-state index contributed by atoms with van der Waals surface area (Å²) in [4.78, 5) is 2.22. The molecule has 1 aromatic carbocycles. The van der Waals surface area contributed by atoms with Crippen molar-refractivity contribution >= 4 is 17.3 Å². The van der Waals surface area contributed by atoms with Gasteiger partial charge in [0, 0.05) is 24.7 Å². The van der Waals surface area contributed by atoms with Crippen LogP contribution in [-0.2, 0) is 4.74 Å². The normalized spacial score (nSPS) is 19.6. The highest BCUT2D eigenvalue weighted by atomic mass is 35.5. The minimum absolute atomic E-state index is 0.269. The average molecular weight is 265 g/mol. The third-order valence-corrected chi connectivity index (χ3v) is 3.44. The fourth-order valence-corrected chi connectivity index (χ4v) is 2.57. The molecule has 0 aromatic heterocycles. The number of nitrogens with zero attached hydrogens (tertiary/aromatic N) is 2. The molecule has 0 bridgehead atoms. The third kappa shape index (κ3) is 2.95. The molecule has 1 fully saturated rings. The van der Waals surface area contributed by atoms with E-state index in [-0.39, 0.29) is 6.10 Å². The molecule has 2 rings (SSSR count). The van der Waals surface area contributed by atoms with Gasteiger partial charge in [0.1, 0.15) is 6.07 Å². The maximum Gasteiger partial charge on any atom is 0.101 e. The Morgan fingerprint density at radius 1 is 1.56 bits per heavy atom. The van der Waals surface area contributed by atoms with Crippen LogP contribution in [0.4, 0.5) is 5.69 Å². The monoisotopic (exact) mass is 264 g/mol. The van der Waals surface area contributed by atoms with Gasteiger partial charge in [0.25, 0.3) is 0 Å². The summed E-state index contributed by atoms with van der Waals surface area (Å²) in [6.45, 7) is 4.58. The molecule has 0 radical (unpaired) electrons. The summed E-state index contributed by atoms with van der Waals surface area (Å²) >= 11 is 5.92. The van der Waals surface area contributed by atoms with Gasteiger partial charge in [-0.3, -0.25) is 0 Å². The van der Waals surface area contributed by atoms with Crippen LogP contribution in [0.15, 0.2) is 18.2 Å². The lowest BCUT2D eigenvalue weighted by Gasteiger charge is -2.34. The molecule has 96 valence electrons. The van der Waals surface area contributed by atoms with E-state index in [2.05, 4.69) is 11.0 Å². The van der Waals surface area contributed by atoms with Crippen molar-refractivity contribution in [3.05, 3.63) is 28.8 Å². The van der Waals surface area contributed by atoms with Crippen LogP contribution in [0.5, 0.6) is 0 Å². The summed E-state index contributed by atoms with van der Waals surface area (Å²) < 4.78 is 5.68. The SMILES string of the molecule is CCOC1CCCN(c2ccc(Cl)cc2C#N)C1. The Balaban J connectivity index is 2.18. The molecule has 1 aromatic rings. The molecule has 1 aliphatic rings. The average Bonchev–Trinajstić information content (AvgIpc) is 2.39. The van der Waals surface area contributed by atoms with Crippen LogP contribution in [0.25, 0.3) is 0 Å². The van der Waals surface area contributed by atoms with Gasteiger partial charge in [-0.05, 0) is 38.0 Å². The van der Waals surface area contributed by atoms with Crippen LogP contribution in [0.3, 0.4) is 0 Å². The van der Waals surface area contributed by atoms with Crippen LogP contribution in [0, 0.1) is 11.3 Å². The van der Waals surface area contributed by atoms with E-state index in [0.29, 0.717) is 10.6 Å². The number of anilines is 1. The first kappa shape index (κ1) is 13.2. The lowest BCUT2D eigenvalue weighted by atomic mass is 10.1. The first-order valence-corrected chi connectivity index (χ1v) is 6.68. The summed E-state index contributed by atoms with van der Waals surface area (Å²) in [7, 11) is 0. The molecule has 18 heavy (non-hydrogen) atoms.